The number of benzene rings is 2. The first-order chi connectivity index (χ1) is 12.3. The van der Waals surface area contributed by atoms with E-state index < -0.39 is 34.6 Å². The van der Waals surface area contributed by atoms with Crippen LogP contribution in [0.25, 0.3) is 0 Å². The summed E-state index contributed by atoms with van der Waals surface area (Å²) in [6.45, 7) is 3.13. The molecule has 1 amide bonds. The Morgan fingerprint density at radius 3 is 2.62 bits per heavy atom. The minimum absolute atomic E-state index is 0.0283. The van der Waals surface area contributed by atoms with Gasteiger partial charge in [0.05, 0.1) is 32.0 Å². The van der Waals surface area contributed by atoms with Crippen molar-refractivity contribution < 1.29 is 22.9 Å². The zero-order valence-corrected chi connectivity index (χ0v) is 15.7. The van der Waals surface area contributed by atoms with E-state index in [4.69, 9.17) is 16.3 Å². The molecule has 0 bridgehead atoms. The molecule has 0 aliphatic carbocycles. The van der Waals surface area contributed by atoms with Gasteiger partial charge in [0.1, 0.15) is 5.82 Å². The largest absolute Gasteiger partial charge is 0.449 e. The molecule has 0 aliphatic rings. The lowest BCUT2D eigenvalue weighted by molar-refractivity contribution is -0.123. The van der Waals surface area contributed by atoms with Crippen molar-refractivity contribution in [3.8, 4) is 0 Å². The van der Waals surface area contributed by atoms with Gasteiger partial charge in [-0.25, -0.2) is 9.18 Å². The summed E-state index contributed by atoms with van der Waals surface area (Å²) in [6, 6.07) is 9.89. The van der Waals surface area contributed by atoms with E-state index in [1.165, 1.54) is 19.1 Å². The number of anilines is 1. The van der Waals surface area contributed by atoms with Gasteiger partial charge in [-0.05, 0) is 37.3 Å². The molecule has 5 nitrogen and oxygen atoms in total. The van der Waals surface area contributed by atoms with Gasteiger partial charge in [-0.3, -0.25) is 9.00 Å². The number of amides is 1. The van der Waals surface area contributed by atoms with Crippen LogP contribution in [0.3, 0.4) is 0 Å². The Kier molecular flexibility index (Phi) is 6.88. The molecule has 0 fully saturated rings. The molecule has 0 spiro atoms. The Morgan fingerprint density at radius 2 is 1.96 bits per heavy atom. The summed E-state index contributed by atoms with van der Waals surface area (Å²) in [5.41, 5.74) is 0.348. The van der Waals surface area contributed by atoms with Crippen LogP contribution in [0.4, 0.5) is 10.1 Å². The Labute approximate surface area is 158 Å². The smallest absolute Gasteiger partial charge is 0.340 e. The van der Waals surface area contributed by atoms with Crippen LogP contribution in [-0.4, -0.2) is 27.9 Å². The lowest BCUT2D eigenvalue weighted by Crippen LogP contribution is -2.30. The number of rotatable bonds is 6. The molecule has 0 aliphatic heterocycles. The quantitative estimate of drug-likeness (QED) is 0.753. The molecule has 2 aromatic rings. The van der Waals surface area contributed by atoms with Crippen LogP contribution < -0.4 is 5.32 Å². The monoisotopic (exact) mass is 397 g/mol. The van der Waals surface area contributed by atoms with Gasteiger partial charge in [-0.2, -0.15) is 0 Å². The van der Waals surface area contributed by atoms with Crippen molar-refractivity contribution in [2.45, 2.75) is 24.8 Å². The molecule has 2 rings (SSSR count). The van der Waals surface area contributed by atoms with Crippen molar-refractivity contribution in [2.24, 2.45) is 0 Å². The molecule has 0 heterocycles. The summed E-state index contributed by atoms with van der Waals surface area (Å²) >= 11 is 5.86. The van der Waals surface area contributed by atoms with Crippen molar-refractivity contribution in [2.75, 3.05) is 11.1 Å². The average Bonchev–Trinajstić information content (AvgIpc) is 2.63. The SMILES string of the molecule is CC[S@](=O)c1ccccc1C(=O)O[C@@H](C)C(=O)Nc1ccc(F)cc1Cl. The van der Waals surface area contributed by atoms with Crippen LogP contribution in [0.15, 0.2) is 47.4 Å². The van der Waals surface area contributed by atoms with Crippen molar-refractivity contribution in [3.63, 3.8) is 0 Å². The molecule has 8 heteroatoms. The van der Waals surface area contributed by atoms with Crippen LogP contribution in [0.2, 0.25) is 5.02 Å². The maximum atomic E-state index is 13.0. The molecule has 2 aromatic carbocycles. The predicted molar refractivity (Wildman–Crippen MR) is 98.3 cm³/mol. The van der Waals surface area contributed by atoms with Crippen LogP contribution in [0.1, 0.15) is 24.2 Å². The minimum atomic E-state index is -1.34. The summed E-state index contributed by atoms with van der Waals surface area (Å²) in [6.07, 6.45) is -1.13. The minimum Gasteiger partial charge on any atom is -0.449 e. The summed E-state index contributed by atoms with van der Waals surface area (Å²) < 4.78 is 30.3. The molecule has 0 saturated carbocycles. The van der Waals surface area contributed by atoms with Crippen LogP contribution in [0.5, 0.6) is 0 Å². The molecule has 2 atom stereocenters. The van der Waals surface area contributed by atoms with Gasteiger partial charge in [-0.1, -0.05) is 30.7 Å². The normalized spacial score (nSPS) is 12.9. The summed E-state index contributed by atoms with van der Waals surface area (Å²) in [5.74, 6) is -1.56. The van der Waals surface area contributed by atoms with Crippen LogP contribution in [-0.2, 0) is 20.3 Å². The van der Waals surface area contributed by atoms with Crippen LogP contribution >= 0.6 is 11.6 Å². The van der Waals surface area contributed by atoms with Gasteiger partial charge in [0.25, 0.3) is 5.91 Å². The highest BCUT2D eigenvalue weighted by atomic mass is 35.5. The number of halogens is 2. The maximum Gasteiger partial charge on any atom is 0.340 e. The van der Waals surface area contributed by atoms with E-state index in [2.05, 4.69) is 5.32 Å². The lowest BCUT2D eigenvalue weighted by Gasteiger charge is -2.15. The molecule has 0 unspecified atom stereocenters. The second kappa shape index (κ2) is 8.91. The molecule has 0 aromatic heterocycles. The van der Waals surface area contributed by atoms with E-state index in [0.29, 0.717) is 10.6 Å². The molecule has 26 heavy (non-hydrogen) atoms. The van der Waals surface area contributed by atoms with E-state index >= 15 is 0 Å². The van der Waals surface area contributed by atoms with Gasteiger partial charge >= 0.3 is 5.97 Å². The number of hydrogen-bond donors (Lipinski definition) is 1. The standard InChI is InChI=1S/C18H17ClFNO4S/c1-3-26(24)16-7-5-4-6-13(16)18(23)25-11(2)17(22)21-15-9-8-12(20)10-14(15)19/h4-11H,3H2,1-2H3,(H,21,22)/t11-,26-/m0/s1. The van der Waals surface area contributed by atoms with Gasteiger partial charge < -0.3 is 10.1 Å². The summed E-state index contributed by atoms with van der Waals surface area (Å²) in [4.78, 5) is 24.9. The number of carbonyl (C=O) groups excluding carboxylic acids is 2. The number of carbonyl (C=O) groups is 2. The van der Waals surface area contributed by atoms with Gasteiger partial charge in [-0.15, -0.1) is 0 Å². The summed E-state index contributed by atoms with van der Waals surface area (Å²) in [5, 5.41) is 2.50. The number of hydrogen-bond acceptors (Lipinski definition) is 4. The lowest BCUT2D eigenvalue weighted by atomic mass is 10.2. The van der Waals surface area contributed by atoms with Crippen molar-refractivity contribution in [1.82, 2.24) is 0 Å². The number of nitrogens with one attached hydrogen (secondary N) is 1. The zero-order chi connectivity index (χ0) is 19.3. The van der Waals surface area contributed by atoms with Crippen molar-refractivity contribution in [1.29, 1.82) is 0 Å². The predicted octanol–water partition coefficient (Wildman–Crippen LogP) is 3.79. The van der Waals surface area contributed by atoms with Crippen LogP contribution in [0, 0.1) is 5.82 Å². The Balaban J connectivity index is 2.09. The Morgan fingerprint density at radius 1 is 1.27 bits per heavy atom. The first-order valence-electron chi connectivity index (χ1n) is 7.77. The highest BCUT2D eigenvalue weighted by molar-refractivity contribution is 7.85. The van der Waals surface area contributed by atoms with E-state index in [1.54, 1.807) is 25.1 Å². The second-order valence-corrected chi connectivity index (χ2v) is 7.41. The summed E-state index contributed by atoms with van der Waals surface area (Å²) in [7, 11) is -1.34. The third-order valence-corrected chi connectivity index (χ3v) is 5.14. The second-order valence-electron chi connectivity index (χ2n) is 5.29. The van der Waals surface area contributed by atoms with E-state index in [0.717, 1.165) is 12.1 Å². The first-order valence-corrected chi connectivity index (χ1v) is 9.47. The highest BCUT2D eigenvalue weighted by Gasteiger charge is 2.22. The van der Waals surface area contributed by atoms with Crippen molar-refractivity contribution >= 4 is 40.0 Å². The van der Waals surface area contributed by atoms with Crippen molar-refractivity contribution in [3.05, 3.63) is 58.9 Å². The van der Waals surface area contributed by atoms with Gasteiger partial charge in [0.15, 0.2) is 6.10 Å². The van der Waals surface area contributed by atoms with Gasteiger partial charge in [0, 0.05) is 5.75 Å². The molecular formula is C18H17ClFNO4S. The third-order valence-electron chi connectivity index (χ3n) is 3.46. The van der Waals surface area contributed by atoms with E-state index in [1.807, 2.05) is 0 Å². The number of ether oxygens (including phenoxy) is 1. The maximum absolute atomic E-state index is 13.0. The molecule has 0 saturated heterocycles. The topological polar surface area (TPSA) is 72.5 Å². The Hall–Kier alpha value is -2.25. The number of esters is 1. The first kappa shape index (κ1) is 20.1. The molecule has 0 radical (unpaired) electrons. The molecular weight excluding hydrogens is 381 g/mol. The fraction of sp³-hybridized carbons (Fsp3) is 0.222. The van der Waals surface area contributed by atoms with E-state index in [9.17, 15) is 18.2 Å². The fourth-order valence-electron chi connectivity index (χ4n) is 2.09. The zero-order valence-electron chi connectivity index (χ0n) is 14.1. The average molecular weight is 398 g/mol. The Bertz CT molecular complexity index is 859. The molecule has 1 N–H and O–H groups in total. The highest BCUT2D eigenvalue weighted by Crippen LogP contribution is 2.23. The molecule has 138 valence electrons. The third kappa shape index (κ3) is 4.89. The fourth-order valence-corrected chi connectivity index (χ4v) is 3.24. The van der Waals surface area contributed by atoms with Gasteiger partial charge in [0.2, 0.25) is 0 Å². The van der Waals surface area contributed by atoms with E-state index in [-0.39, 0.29) is 16.3 Å².